The predicted octanol–water partition coefficient (Wildman–Crippen LogP) is 0.641. The van der Waals surface area contributed by atoms with E-state index >= 15 is 0 Å². The molecule has 1 heterocycles. The van der Waals surface area contributed by atoms with Crippen LogP contribution in [0.2, 0.25) is 0 Å². The van der Waals surface area contributed by atoms with Gasteiger partial charge in [0.2, 0.25) is 0 Å². The van der Waals surface area contributed by atoms with Gasteiger partial charge in [0.25, 0.3) is 0 Å². The molecule has 4 unspecified atom stereocenters. The molecule has 6 heteroatoms. The number of nitrogen functional groups attached to an aromatic ring is 1. The van der Waals surface area contributed by atoms with Crippen LogP contribution in [-0.2, 0) is 17.2 Å². The Morgan fingerprint density at radius 1 is 1.44 bits per heavy atom. The second-order valence-corrected chi connectivity index (χ2v) is 7.15. The summed E-state index contributed by atoms with van der Waals surface area (Å²) in [5, 5.41) is 10.0. The maximum Gasteiger partial charge on any atom is 0.0740 e. The molecule has 0 spiro atoms. The standard InChI is InChI=1S/C12H17BrN2O2S/c13-9-4-7(1-2-10(9)14)3-8-5-18(17)6-11(15)12(8)16/h1-2,4,8,11-12,16H,3,5-6,14-15H2. The molecular weight excluding hydrogens is 316 g/mol. The molecule has 1 aliphatic rings. The zero-order chi connectivity index (χ0) is 13.3. The molecule has 5 N–H and O–H groups in total. The molecule has 4 nitrogen and oxygen atoms in total. The van der Waals surface area contributed by atoms with E-state index < -0.39 is 16.9 Å². The van der Waals surface area contributed by atoms with Crippen molar-refractivity contribution < 1.29 is 9.32 Å². The highest BCUT2D eigenvalue weighted by Crippen LogP contribution is 2.25. The van der Waals surface area contributed by atoms with Crippen molar-refractivity contribution in [2.24, 2.45) is 11.7 Å². The van der Waals surface area contributed by atoms with Gasteiger partial charge in [-0.2, -0.15) is 0 Å². The van der Waals surface area contributed by atoms with Crippen molar-refractivity contribution in [3.63, 3.8) is 0 Å². The number of nitrogens with two attached hydrogens (primary N) is 2. The first-order chi connectivity index (χ1) is 8.47. The zero-order valence-electron chi connectivity index (χ0n) is 9.88. The summed E-state index contributed by atoms with van der Waals surface area (Å²) in [6.45, 7) is 0. The molecule has 1 saturated heterocycles. The van der Waals surface area contributed by atoms with Gasteiger partial charge in [0, 0.05) is 44.4 Å². The van der Waals surface area contributed by atoms with Crippen LogP contribution in [-0.4, -0.2) is 33.0 Å². The highest BCUT2D eigenvalue weighted by atomic mass is 79.9. The molecule has 100 valence electrons. The number of hydrogen-bond donors (Lipinski definition) is 3. The highest BCUT2D eigenvalue weighted by molar-refractivity contribution is 9.10. The van der Waals surface area contributed by atoms with Gasteiger partial charge in [-0.25, -0.2) is 0 Å². The van der Waals surface area contributed by atoms with Crippen LogP contribution in [0.5, 0.6) is 0 Å². The van der Waals surface area contributed by atoms with Gasteiger partial charge >= 0.3 is 0 Å². The van der Waals surface area contributed by atoms with Gasteiger partial charge in [-0.3, -0.25) is 4.21 Å². The second kappa shape index (κ2) is 5.69. The Morgan fingerprint density at radius 2 is 2.17 bits per heavy atom. The monoisotopic (exact) mass is 332 g/mol. The first-order valence-electron chi connectivity index (χ1n) is 5.80. The number of hydrogen-bond acceptors (Lipinski definition) is 4. The Labute approximate surface area is 117 Å². The topological polar surface area (TPSA) is 89.3 Å². The molecule has 1 fully saturated rings. The van der Waals surface area contributed by atoms with E-state index in [0.717, 1.165) is 10.0 Å². The van der Waals surface area contributed by atoms with Crippen LogP contribution < -0.4 is 11.5 Å². The summed E-state index contributed by atoms with van der Waals surface area (Å²) >= 11 is 3.38. The van der Waals surface area contributed by atoms with E-state index in [4.69, 9.17) is 11.5 Å². The number of rotatable bonds is 2. The van der Waals surface area contributed by atoms with Crippen molar-refractivity contribution in [3.8, 4) is 0 Å². The summed E-state index contributed by atoms with van der Waals surface area (Å²) in [7, 11) is -0.926. The minimum Gasteiger partial charge on any atom is -0.398 e. The minimum atomic E-state index is -0.926. The maximum absolute atomic E-state index is 11.6. The normalized spacial score (nSPS) is 32.4. The summed E-state index contributed by atoms with van der Waals surface area (Å²) in [5.41, 5.74) is 13.3. The van der Waals surface area contributed by atoms with Crippen LogP contribution in [0.4, 0.5) is 5.69 Å². The maximum atomic E-state index is 11.6. The SMILES string of the molecule is Nc1ccc(CC2CS(=O)CC(N)C2O)cc1Br. The van der Waals surface area contributed by atoms with E-state index in [1.165, 1.54) is 0 Å². The number of aliphatic hydroxyl groups is 1. The van der Waals surface area contributed by atoms with Gasteiger partial charge in [-0.1, -0.05) is 6.07 Å². The van der Waals surface area contributed by atoms with Crippen molar-refractivity contribution in [1.82, 2.24) is 0 Å². The smallest absolute Gasteiger partial charge is 0.0740 e. The lowest BCUT2D eigenvalue weighted by Gasteiger charge is -2.32. The zero-order valence-corrected chi connectivity index (χ0v) is 12.3. The average molecular weight is 333 g/mol. The van der Waals surface area contributed by atoms with E-state index in [9.17, 15) is 9.32 Å². The van der Waals surface area contributed by atoms with Gasteiger partial charge in [0.05, 0.1) is 6.10 Å². The van der Waals surface area contributed by atoms with Crippen molar-refractivity contribution in [2.75, 3.05) is 17.2 Å². The molecule has 0 radical (unpaired) electrons. The number of benzene rings is 1. The fourth-order valence-corrected chi connectivity index (χ4v) is 4.23. The lowest BCUT2D eigenvalue weighted by Crippen LogP contribution is -2.50. The predicted molar refractivity (Wildman–Crippen MR) is 77.6 cm³/mol. The molecule has 0 amide bonds. The van der Waals surface area contributed by atoms with Crippen LogP contribution in [0.25, 0.3) is 0 Å². The Kier molecular flexibility index (Phi) is 4.42. The molecule has 1 aliphatic heterocycles. The first-order valence-corrected chi connectivity index (χ1v) is 8.08. The molecule has 1 aromatic carbocycles. The fourth-order valence-electron chi connectivity index (χ4n) is 2.25. The first kappa shape index (κ1) is 14.0. The van der Waals surface area contributed by atoms with Gasteiger partial charge in [0.1, 0.15) is 0 Å². The van der Waals surface area contributed by atoms with Gasteiger partial charge in [0.15, 0.2) is 0 Å². The van der Waals surface area contributed by atoms with E-state index in [1.54, 1.807) is 0 Å². The van der Waals surface area contributed by atoms with Crippen molar-refractivity contribution >= 4 is 32.4 Å². The van der Waals surface area contributed by atoms with Crippen LogP contribution >= 0.6 is 15.9 Å². The number of aliphatic hydroxyl groups excluding tert-OH is 1. The van der Waals surface area contributed by atoms with Crippen LogP contribution in [0.1, 0.15) is 5.56 Å². The fraction of sp³-hybridized carbons (Fsp3) is 0.500. The Hall–Kier alpha value is -0.430. The summed E-state index contributed by atoms with van der Waals surface area (Å²) in [4.78, 5) is 0. The molecule has 1 aromatic rings. The molecule has 2 rings (SSSR count). The summed E-state index contributed by atoms with van der Waals surface area (Å²) in [6.07, 6.45) is 0.0819. The lowest BCUT2D eigenvalue weighted by molar-refractivity contribution is 0.0937. The van der Waals surface area contributed by atoms with Crippen LogP contribution in [0, 0.1) is 5.92 Å². The van der Waals surface area contributed by atoms with E-state index in [-0.39, 0.29) is 12.0 Å². The van der Waals surface area contributed by atoms with Crippen molar-refractivity contribution in [2.45, 2.75) is 18.6 Å². The highest BCUT2D eigenvalue weighted by Gasteiger charge is 2.33. The third kappa shape index (κ3) is 3.12. The third-order valence-corrected chi connectivity index (χ3v) is 5.51. The molecule has 0 bridgehead atoms. The van der Waals surface area contributed by atoms with E-state index in [1.807, 2.05) is 18.2 Å². The number of anilines is 1. The molecule has 18 heavy (non-hydrogen) atoms. The molecule has 0 aliphatic carbocycles. The van der Waals surface area contributed by atoms with Crippen LogP contribution in [0.15, 0.2) is 22.7 Å². The number of halogens is 1. The Morgan fingerprint density at radius 3 is 2.83 bits per heavy atom. The molecule has 0 saturated carbocycles. The third-order valence-electron chi connectivity index (χ3n) is 3.26. The molecule has 0 aromatic heterocycles. The molecular formula is C12H17BrN2O2S. The Bertz CT molecular complexity index is 469. The van der Waals surface area contributed by atoms with E-state index in [0.29, 0.717) is 23.6 Å². The molecule has 4 atom stereocenters. The van der Waals surface area contributed by atoms with Gasteiger partial charge in [-0.15, -0.1) is 0 Å². The Balaban J connectivity index is 2.12. The van der Waals surface area contributed by atoms with E-state index in [2.05, 4.69) is 15.9 Å². The van der Waals surface area contributed by atoms with Gasteiger partial charge in [-0.05, 0) is 40.0 Å². The quantitative estimate of drug-likeness (QED) is 0.693. The van der Waals surface area contributed by atoms with Gasteiger partial charge < -0.3 is 16.6 Å². The minimum absolute atomic E-state index is 0.0508. The summed E-state index contributed by atoms with van der Waals surface area (Å²) in [5.74, 6) is 0.852. The summed E-state index contributed by atoms with van der Waals surface area (Å²) < 4.78 is 12.5. The lowest BCUT2D eigenvalue weighted by atomic mass is 9.91. The van der Waals surface area contributed by atoms with Crippen molar-refractivity contribution in [1.29, 1.82) is 0 Å². The second-order valence-electron chi connectivity index (χ2n) is 4.75. The van der Waals surface area contributed by atoms with Crippen molar-refractivity contribution in [3.05, 3.63) is 28.2 Å². The van der Waals surface area contributed by atoms with Crippen LogP contribution in [0.3, 0.4) is 0 Å². The average Bonchev–Trinajstić information content (AvgIpc) is 2.30. The summed E-state index contributed by atoms with van der Waals surface area (Å²) in [6, 6.07) is 5.30. The largest absolute Gasteiger partial charge is 0.398 e.